The molecule has 3 amide bonds. The molecule has 2 unspecified atom stereocenters. The fourth-order valence-corrected chi connectivity index (χ4v) is 3.09. The number of hydrogen-bond acceptors (Lipinski definition) is 3. The maximum atomic E-state index is 12.8. The second-order valence-corrected chi connectivity index (χ2v) is 6.06. The third-order valence-electron chi connectivity index (χ3n) is 4.35. The maximum Gasteiger partial charge on any atom is 0.319 e. The van der Waals surface area contributed by atoms with E-state index in [1.807, 2.05) is 4.90 Å². The largest absolute Gasteiger partial charge is 0.340 e. The van der Waals surface area contributed by atoms with Crippen LogP contribution in [0.1, 0.15) is 12.8 Å². The van der Waals surface area contributed by atoms with Gasteiger partial charge < -0.3 is 20.9 Å². The van der Waals surface area contributed by atoms with Crippen molar-refractivity contribution in [2.24, 2.45) is 5.92 Å². The highest BCUT2D eigenvalue weighted by Crippen LogP contribution is 2.17. The Morgan fingerprint density at radius 3 is 2.62 bits per heavy atom. The number of carbonyl (C=O) groups excluding carboxylic acids is 2. The van der Waals surface area contributed by atoms with Crippen LogP contribution in [-0.4, -0.2) is 49.1 Å². The molecule has 2 heterocycles. The topological polar surface area (TPSA) is 73.5 Å². The predicted octanol–water partition coefficient (Wildman–Crippen LogP) is 1.58. The third kappa shape index (κ3) is 4.58. The molecule has 1 aromatic rings. The Labute approximate surface area is 146 Å². The minimum atomic E-state index is -0.345. The highest BCUT2D eigenvalue weighted by molar-refractivity contribution is 5.89. The average molecular weight is 357 g/mol. The smallest absolute Gasteiger partial charge is 0.319 e. The number of likely N-dealkylation sites (tertiary alicyclic amines) is 1. The Balaban J connectivity index is 0.00000208. The molecule has 3 rings (SSSR count). The maximum absolute atomic E-state index is 12.8. The van der Waals surface area contributed by atoms with E-state index in [1.54, 1.807) is 0 Å². The van der Waals surface area contributed by atoms with E-state index < -0.39 is 0 Å². The first-order chi connectivity index (χ1) is 11.1. The molecule has 6 nitrogen and oxygen atoms in total. The molecule has 2 atom stereocenters. The second-order valence-electron chi connectivity index (χ2n) is 6.06. The van der Waals surface area contributed by atoms with Crippen molar-refractivity contribution >= 4 is 30.0 Å². The number of carbonyl (C=O) groups is 2. The Morgan fingerprint density at radius 1 is 1.21 bits per heavy atom. The van der Waals surface area contributed by atoms with Crippen molar-refractivity contribution in [2.45, 2.75) is 18.9 Å². The summed E-state index contributed by atoms with van der Waals surface area (Å²) in [4.78, 5) is 26.1. The van der Waals surface area contributed by atoms with Gasteiger partial charge in [0.2, 0.25) is 5.91 Å². The molecule has 2 aliphatic rings. The van der Waals surface area contributed by atoms with Gasteiger partial charge in [0.1, 0.15) is 5.82 Å². The van der Waals surface area contributed by atoms with Gasteiger partial charge in [0, 0.05) is 31.4 Å². The Kier molecular flexibility index (Phi) is 6.39. The van der Waals surface area contributed by atoms with Crippen LogP contribution in [0, 0.1) is 11.7 Å². The number of amides is 3. The van der Waals surface area contributed by atoms with Crippen molar-refractivity contribution in [3.05, 3.63) is 30.1 Å². The van der Waals surface area contributed by atoms with E-state index in [1.165, 1.54) is 24.3 Å². The minimum absolute atomic E-state index is 0. The fraction of sp³-hybridized carbons (Fsp3) is 0.500. The quantitative estimate of drug-likeness (QED) is 0.770. The molecule has 0 aromatic heterocycles. The zero-order valence-corrected chi connectivity index (χ0v) is 14.1. The number of rotatable bonds is 3. The second kappa shape index (κ2) is 8.30. The van der Waals surface area contributed by atoms with Gasteiger partial charge in [-0.05, 0) is 43.7 Å². The van der Waals surface area contributed by atoms with E-state index in [9.17, 15) is 14.0 Å². The van der Waals surface area contributed by atoms with Crippen LogP contribution in [0.5, 0.6) is 0 Å². The molecule has 1 aromatic carbocycles. The first-order valence-electron chi connectivity index (χ1n) is 7.94. The van der Waals surface area contributed by atoms with Crippen LogP contribution in [0.2, 0.25) is 0 Å². The summed E-state index contributed by atoms with van der Waals surface area (Å²) in [5, 5.41) is 8.73. The van der Waals surface area contributed by atoms with E-state index in [-0.39, 0.29) is 42.1 Å². The third-order valence-corrected chi connectivity index (χ3v) is 4.35. The molecule has 132 valence electrons. The zero-order chi connectivity index (χ0) is 16.2. The van der Waals surface area contributed by atoms with Crippen LogP contribution in [0.25, 0.3) is 0 Å². The predicted molar refractivity (Wildman–Crippen MR) is 91.8 cm³/mol. The van der Waals surface area contributed by atoms with Gasteiger partial charge in [-0.1, -0.05) is 0 Å². The highest BCUT2D eigenvalue weighted by Gasteiger charge is 2.32. The lowest BCUT2D eigenvalue weighted by atomic mass is 10.1. The minimum Gasteiger partial charge on any atom is -0.340 e. The van der Waals surface area contributed by atoms with E-state index in [0.717, 1.165) is 25.9 Å². The summed E-state index contributed by atoms with van der Waals surface area (Å²) in [7, 11) is 0. The lowest BCUT2D eigenvalue weighted by Crippen LogP contribution is -2.42. The summed E-state index contributed by atoms with van der Waals surface area (Å²) in [6, 6.07) is 5.22. The standard InChI is InChI=1S/C16H21FN4O2.ClH/c17-12-1-3-13(4-2-12)19-16(23)20-14-6-8-21(10-14)15(22)11-5-7-18-9-11;/h1-4,11,14,18H,5-10H2,(H2,19,20,23);1H. The summed E-state index contributed by atoms with van der Waals surface area (Å²) >= 11 is 0. The average Bonchev–Trinajstić information content (AvgIpc) is 3.20. The lowest BCUT2D eigenvalue weighted by molar-refractivity contribution is -0.133. The summed E-state index contributed by atoms with van der Waals surface area (Å²) in [5.74, 6) is -0.0951. The molecule has 2 saturated heterocycles. The molecule has 0 saturated carbocycles. The number of benzene rings is 1. The van der Waals surface area contributed by atoms with Gasteiger partial charge in [0.05, 0.1) is 5.92 Å². The van der Waals surface area contributed by atoms with E-state index in [0.29, 0.717) is 18.8 Å². The molecule has 8 heteroatoms. The van der Waals surface area contributed by atoms with Gasteiger partial charge in [0.15, 0.2) is 0 Å². The zero-order valence-electron chi connectivity index (χ0n) is 13.3. The van der Waals surface area contributed by atoms with Gasteiger partial charge in [-0.15, -0.1) is 12.4 Å². The molecule has 2 fully saturated rings. The van der Waals surface area contributed by atoms with Crippen molar-refractivity contribution in [3.63, 3.8) is 0 Å². The van der Waals surface area contributed by atoms with Crippen molar-refractivity contribution < 1.29 is 14.0 Å². The summed E-state index contributed by atoms with van der Waals surface area (Å²) in [5.41, 5.74) is 0.534. The number of nitrogens with one attached hydrogen (secondary N) is 3. The molecular formula is C16H22ClFN4O2. The molecule has 24 heavy (non-hydrogen) atoms. The van der Waals surface area contributed by atoms with Gasteiger partial charge >= 0.3 is 6.03 Å². The SMILES string of the molecule is Cl.O=C(Nc1ccc(F)cc1)NC1CCN(C(=O)C2CCNC2)C1. The Morgan fingerprint density at radius 2 is 1.96 bits per heavy atom. The van der Waals surface area contributed by atoms with Crippen molar-refractivity contribution in [1.82, 2.24) is 15.5 Å². The van der Waals surface area contributed by atoms with Gasteiger partial charge in [-0.2, -0.15) is 0 Å². The van der Waals surface area contributed by atoms with Crippen LogP contribution >= 0.6 is 12.4 Å². The van der Waals surface area contributed by atoms with Crippen LogP contribution in [0.3, 0.4) is 0 Å². The van der Waals surface area contributed by atoms with E-state index in [2.05, 4.69) is 16.0 Å². The van der Waals surface area contributed by atoms with Gasteiger partial charge in [-0.3, -0.25) is 4.79 Å². The van der Waals surface area contributed by atoms with Crippen molar-refractivity contribution in [3.8, 4) is 0 Å². The van der Waals surface area contributed by atoms with Gasteiger partial charge in [-0.25, -0.2) is 9.18 Å². The monoisotopic (exact) mass is 356 g/mol. The first-order valence-corrected chi connectivity index (χ1v) is 7.94. The van der Waals surface area contributed by atoms with Crippen molar-refractivity contribution in [1.29, 1.82) is 0 Å². The number of nitrogens with zero attached hydrogens (tertiary/aromatic N) is 1. The normalized spacial score (nSPS) is 22.8. The fourth-order valence-electron chi connectivity index (χ4n) is 3.09. The lowest BCUT2D eigenvalue weighted by Gasteiger charge is -2.20. The van der Waals surface area contributed by atoms with E-state index in [4.69, 9.17) is 0 Å². The van der Waals surface area contributed by atoms with Gasteiger partial charge in [0.25, 0.3) is 0 Å². The number of urea groups is 1. The molecule has 0 bridgehead atoms. The highest BCUT2D eigenvalue weighted by atomic mass is 35.5. The molecule has 0 radical (unpaired) electrons. The van der Waals surface area contributed by atoms with Crippen molar-refractivity contribution in [2.75, 3.05) is 31.5 Å². The Hall–Kier alpha value is -1.86. The van der Waals surface area contributed by atoms with Crippen LogP contribution in [-0.2, 0) is 4.79 Å². The number of anilines is 1. The first kappa shape index (κ1) is 18.5. The number of halogens is 2. The summed E-state index contributed by atoms with van der Waals surface area (Å²) in [6.45, 7) is 2.87. The molecule has 0 spiro atoms. The Bertz CT molecular complexity index is 578. The molecule has 0 aliphatic carbocycles. The van der Waals surface area contributed by atoms with Crippen LogP contribution in [0.15, 0.2) is 24.3 Å². The van der Waals surface area contributed by atoms with E-state index >= 15 is 0 Å². The molecular weight excluding hydrogens is 335 g/mol. The van der Waals surface area contributed by atoms with Crippen LogP contribution in [0.4, 0.5) is 14.9 Å². The molecule has 3 N–H and O–H groups in total. The number of hydrogen-bond donors (Lipinski definition) is 3. The summed E-state index contributed by atoms with van der Waals surface area (Å²) < 4.78 is 12.8. The van der Waals surface area contributed by atoms with Crippen LogP contribution < -0.4 is 16.0 Å². The summed E-state index contributed by atoms with van der Waals surface area (Å²) in [6.07, 6.45) is 1.64. The molecule has 2 aliphatic heterocycles.